The van der Waals surface area contributed by atoms with Crippen LogP contribution in [0.25, 0.3) is 0 Å². The first-order valence-electron chi connectivity index (χ1n) is 6.10. The lowest BCUT2D eigenvalue weighted by atomic mass is 9.75. The van der Waals surface area contributed by atoms with E-state index in [0.717, 1.165) is 5.92 Å². The molecular formula is C15H24. The summed E-state index contributed by atoms with van der Waals surface area (Å²) in [6, 6.07) is 10.8. The van der Waals surface area contributed by atoms with Crippen molar-refractivity contribution in [1.82, 2.24) is 0 Å². The first kappa shape index (κ1) is 12.3. The molecule has 0 aliphatic heterocycles. The second kappa shape index (κ2) is 5.34. The van der Waals surface area contributed by atoms with Gasteiger partial charge in [0.15, 0.2) is 0 Å². The van der Waals surface area contributed by atoms with E-state index in [4.69, 9.17) is 0 Å². The van der Waals surface area contributed by atoms with Gasteiger partial charge in [0.25, 0.3) is 0 Å². The monoisotopic (exact) mass is 204 g/mol. The summed E-state index contributed by atoms with van der Waals surface area (Å²) < 4.78 is 0. The van der Waals surface area contributed by atoms with Gasteiger partial charge in [-0.05, 0) is 29.7 Å². The van der Waals surface area contributed by atoms with Crippen LogP contribution in [0.5, 0.6) is 0 Å². The van der Waals surface area contributed by atoms with E-state index >= 15 is 0 Å². The van der Waals surface area contributed by atoms with Gasteiger partial charge in [-0.1, -0.05) is 64.4 Å². The van der Waals surface area contributed by atoms with Crippen LogP contribution >= 0.6 is 0 Å². The molecule has 1 aromatic rings. The average Bonchev–Trinajstić information content (AvgIpc) is 2.27. The zero-order valence-corrected chi connectivity index (χ0v) is 10.6. The molecule has 0 spiro atoms. The predicted molar refractivity (Wildman–Crippen MR) is 68.0 cm³/mol. The van der Waals surface area contributed by atoms with E-state index in [-0.39, 0.29) is 0 Å². The summed E-state index contributed by atoms with van der Waals surface area (Å²) in [6.07, 6.45) is 3.78. The molecule has 0 saturated heterocycles. The summed E-state index contributed by atoms with van der Waals surface area (Å²) in [5.41, 5.74) is 1.95. The average molecular weight is 204 g/mol. The SMILES string of the molecule is CCC(C)(C)C(C)CCc1ccccc1. The molecule has 84 valence electrons. The minimum Gasteiger partial charge on any atom is -0.0649 e. The van der Waals surface area contributed by atoms with Gasteiger partial charge in [-0.15, -0.1) is 0 Å². The smallest absolute Gasteiger partial charge is 0.0276 e. The van der Waals surface area contributed by atoms with E-state index in [1.807, 2.05) is 0 Å². The Labute approximate surface area is 94.7 Å². The summed E-state index contributed by atoms with van der Waals surface area (Å²) in [7, 11) is 0. The Balaban J connectivity index is 2.44. The fourth-order valence-corrected chi connectivity index (χ4v) is 1.77. The normalized spacial score (nSPS) is 13.9. The largest absolute Gasteiger partial charge is 0.0649 e. The Kier molecular flexibility index (Phi) is 4.38. The van der Waals surface area contributed by atoms with Gasteiger partial charge >= 0.3 is 0 Å². The maximum absolute atomic E-state index is 2.38. The van der Waals surface area contributed by atoms with Gasteiger partial charge in [-0.3, -0.25) is 0 Å². The fraction of sp³-hybridized carbons (Fsp3) is 0.600. The summed E-state index contributed by atoms with van der Waals surface area (Å²) in [6.45, 7) is 9.43. The lowest BCUT2D eigenvalue weighted by molar-refractivity contribution is 0.209. The van der Waals surface area contributed by atoms with Crippen LogP contribution in [0.3, 0.4) is 0 Å². The van der Waals surface area contributed by atoms with Gasteiger partial charge < -0.3 is 0 Å². The molecule has 0 aromatic heterocycles. The molecule has 0 heterocycles. The molecule has 1 unspecified atom stereocenters. The molecule has 0 heteroatoms. The molecule has 1 aromatic carbocycles. The summed E-state index contributed by atoms with van der Waals surface area (Å²) in [5, 5.41) is 0. The molecule has 0 fully saturated rings. The summed E-state index contributed by atoms with van der Waals surface area (Å²) >= 11 is 0. The van der Waals surface area contributed by atoms with Crippen LogP contribution in [-0.2, 0) is 6.42 Å². The van der Waals surface area contributed by atoms with Crippen LogP contribution in [-0.4, -0.2) is 0 Å². The molecule has 0 bridgehead atoms. The Bertz CT molecular complexity index is 271. The summed E-state index contributed by atoms with van der Waals surface area (Å²) in [5.74, 6) is 0.794. The number of hydrogen-bond donors (Lipinski definition) is 0. The summed E-state index contributed by atoms with van der Waals surface area (Å²) in [4.78, 5) is 0. The number of aryl methyl sites for hydroxylation is 1. The lowest BCUT2D eigenvalue weighted by Gasteiger charge is -2.30. The third-order valence-electron chi connectivity index (χ3n) is 3.95. The van der Waals surface area contributed by atoms with Crippen LogP contribution in [0.15, 0.2) is 30.3 Å². The van der Waals surface area contributed by atoms with Crippen molar-refractivity contribution in [3.8, 4) is 0 Å². The molecule has 0 amide bonds. The van der Waals surface area contributed by atoms with E-state index in [0.29, 0.717) is 5.41 Å². The van der Waals surface area contributed by atoms with E-state index in [9.17, 15) is 0 Å². The highest BCUT2D eigenvalue weighted by molar-refractivity contribution is 5.14. The Morgan fingerprint density at radius 3 is 2.27 bits per heavy atom. The van der Waals surface area contributed by atoms with E-state index in [1.54, 1.807) is 0 Å². The number of rotatable bonds is 5. The Morgan fingerprint density at radius 1 is 1.13 bits per heavy atom. The van der Waals surface area contributed by atoms with Gasteiger partial charge in [0.1, 0.15) is 0 Å². The van der Waals surface area contributed by atoms with Gasteiger partial charge in [0.05, 0.1) is 0 Å². The Hall–Kier alpha value is -0.780. The van der Waals surface area contributed by atoms with Crippen LogP contribution in [0.1, 0.15) is 46.1 Å². The second-order valence-corrected chi connectivity index (χ2v) is 5.27. The van der Waals surface area contributed by atoms with Crippen molar-refractivity contribution >= 4 is 0 Å². The van der Waals surface area contributed by atoms with Crippen molar-refractivity contribution in [3.63, 3.8) is 0 Å². The maximum atomic E-state index is 2.38. The minimum atomic E-state index is 0.481. The highest BCUT2D eigenvalue weighted by Crippen LogP contribution is 2.33. The van der Waals surface area contributed by atoms with Gasteiger partial charge in [-0.25, -0.2) is 0 Å². The van der Waals surface area contributed by atoms with Crippen molar-refractivity contribution in [3.05, 3.63) is 35.9 Å². The second-order valence-electron chi connectivity index (χ2n) is 5.27. The van der Waals surface area contributed by atoms with E-state index in [1.165, 1.54) is 24.8 Å². The molecule has 1 rings (SSSR count). The van der Waals surface area contributed by atoms with Gasteiger partial charge in [-0.2, -0.15) is 0 Å². The highest BCUT2D eigenvalue weighted by Gasteiger charge is 2.22. The van der Waals surface area contributed by atoms with Crippen molar-refractivity contribution in [2.75, 3.05) is 0 Å². The standard InChI is InChI=1S/C15H24/c1-5-15(3,4)13(2)11-12-14-9-7-6-8-10-14/h6-10,13H,5,11-12H2,1-4H3. The van der Waals surface area contributed by atoms with Crippen molar-refractivity contribution in [1.29, 1.82) is 0 Å². The molecule has 15 heavy (non-hydrogen) atoms. The van der Waals surface area contributed by atoms with Crippen molar-refractivity contribution in [2.45, 2.75) is 47.0 Å². The van der Waals surface area contributed by atoms with Crippen LogP contribution in [0.2, 0.25) is 0 Å². The topological polar surface area (TPSA) is 0 Å². The van der Waals surface area contributed by atoms with Crippen LogP contribution < -0.4 is 0 Å². The van der Waals surface area contributed by atoms with E-state index < -0.39 is 0 Å². The molecule has 1 atom stereocenters. The number of hydrogen-bond acceptors (Lipinski definition) is 0. The third kappa shape index (κ3) is 3.70. The molecule has 0 N–H and O–H groups in total. The first-order valence-corrected chi connectivity index (χ1v) is 6.10. The van der Waals surface area contributed by atoms with Gasteiger partial charge in [0.2, 0.25) is 0 Å². The molecule has 0 radical (unpaired) electrons. The zero-order valence-electron chi connectivity index (χ0n) is 10.6. The highest BCUT2D eigenvalue weighted by atomic mass is 14.3. The fourth-order valence-electron chi connectivity index (χ4n) is 1.77. The quantitative estimate of drug-likeness (QED) is 0.652. The zero-order chi connectivity index (χ0) is 11.3. The predicted octanol–water partition coefficient (Wildman–Crippen LogP) is 4.69. The minimum absolute atomic E-state index is 0.481. The lowest BCUT2D eigenvalue weighted by Crippen LogP contribution is -2.21. The van der Waals surface area contributed by atoms with E-state index in [2.05, 4.69) is 58.0 Å². The molecular weight excluding hydrogens is 180 g/mol. The Morgan fingerprint density at radius 2 is 1.73 bits per heavy atom. The van der Waals surface area contributed by atoms with Crippen molar-refractivity contribution < 1.29 is 0 Å². The van der Waals surface area contributed by atoms with Crippen LogP contribution in [0, 0.1) is 11.3 Å². The number of benzene rings is 1. The van der Waals surface area contributed by atoms with Gasteiger partial charge in [0, 0.05) is 0 Å². The first-order chi connectivity index (χ1) is 7.06. The third-order valence-corrected chi connectivity index (χ3v) is 3.95. The molecule has 0 nitrogen and oxygen atoms in total. The molecule has 0 aliphatic carbocycles. The molecule has 0 saturated carbocycles. The van der Waals surface area contributed by atoms with Crippen molar-refractivity contribution in [2.24, 2.45) is 11.3 Å². The maximum Gasteiger partial charge on any atom is -0.0276 e. The molecule has 0 aliphatic rings. The van der Waals surface area contributed by atoms with Crippen LogP contribution in [0.4, 0.5) is 0 Å².